The van der Waals surface area contributed by atoms with Gasteiger partial charge < -0.3 is 4.74 Å². The van der Waals surface area contributed by atoms with Crippen molar-refractivity contribution in [3.8, 4) is 5.75 Å². The number of alkyl halides is 2. The van der Waals surface area contributed by atoms with Crippen LogP contribution in [0.25, 0.3) is 0 Å². The van der Waals surface area contributed by atoms with E-state index >= 15 is 0 Å². The summed E-state index contributed by atoms with van der Waals surface area (Å²) in [6.07, 6.45) is 1.28. The first-order valence-corrected chi connectivity index (χ1v) is 9.31. The fourth-order valence-corrected chi connectivity index (χ4v) is 4.30. The van der Waals surface area contributed by atoms with Gasteiger partial charge in [-0.15, -0.1) is 0 Å². The van der Waals surface area contributed by atoms with E-state index < -0.39 is 29.4 Å². The number of ether oxygens (including phenoxy) is 1. The van der Waals surface area contributed by atoms with Crippen molar-refractivity contribution in [2.45, 2.75) is 64.4 Å². The average Bonchev–Trinajstić information content (AvgIpc) is 2.63. The molecule has 2 saturated carbocycles. The Morgan fingerprint density at radius 1 is 0.923 bits per heavy atom. The molecular weight excluding hydrogens is 348 g/mol. The molecule has 0 radical (unpaired) electrons. The zero-order valence-electron chi connectivity index (χ0n) is 14.9. The molecule has 0 heterocycles. The standard InChI is InChI=1S/C20H24F4O2/c1-12-2-11-17(19(22)18(12)21)26-20(23,24)15-7-3-13(4-8-15)14-5-9-16(25)10-6-14/h2,11,13-15H,3-10H2,1H3. The van der Waals surface area contributed by atoms with Crippen LogP contribution in [0.1, 0.15) is 56.9 Å². The lowest BCUT2D eigenvalue weighted by molar-refractivity contribution is -0.225. The van der Waals surface area contributed by atoms with Crippen LogP contribution < -0.4 is 4.74 Å². The number of aryl methyl sites for hydroxylation is 1. The van der Waals surface area contributed by atoms with Gasteiger partial charge in [-0.1, -0.05) is 6.07 Å². The zero-order chi connectivity index (χ0) is 18.9. The summed E-state index contributed by atoms with van der Waals surface area (Å²) in [4.78, 5) is 11.3. The monoisotopic (exact) mass is 372 g/mol. The van der Waals surface area contributed by atoms with Crippen LogP contribution in [0, 0.1) is 36.3 Å². The van der Waals surface area contributed by atoms with Gasteiger partial charge in [0, 0.05) is 12.8 Å². The minimum Gasteiger partial charge on any atom is -0.429 e. The zero-order valence-corrected chi connectivity index (χ0v) is 14.9. The van der Waals surface area contributed by atoms with E-state index in [0.29, 0.717) is 43.3 Å². The van der Waals surface area contributed by atoms with E-state index in [1.165, 1.54) is 13.0 Å². The molecule has 1 aromatic carbocycles. The van der Waals surface area contributed by atoms with Gasteiger partial charge in [0.05, 0.1) is 5.92 Å². The lowest BCUT2D eigenvalue weighted by atomic mass is 9.70. The van der Waals surface area contributed by atoms with Crippen molar-refractivity contribution in [3.05, 3.63) is 29.3 Å². The minimum absolute atomic E-state index is 0.0460. The fraction of sp³-hybridized carbons (Fsp3) is 0.650. The maximum absolute atomic E-state index is 14.5. The van der Waals surface area contributed by atoms with E-state index in [1.807, 2.05) is 0 Å². The maximum atomic E-state index is 14.5. The molecule has 0 aromatic heterocycles. The Balaban J connectivity index is 1.59. The van der Waals surface area contributed by atoms with Crippen LogP contribution in [0.4, 0.5) is 17.6 Å². The summed E-state index contributed by atoms with van der Waals surface area (Å²) >= 11 is 0. The van der Waals surface area contributed by atoms with Gasteiger partial charge in [-0.2, -0.15) is 13.2 Å². The van der Waals surface area contributed by atoms with Crippen molar-refractivity contribution in [1.82, 2.24) is 0 Å². The molecule has 6 heteroatoms. The van der Waals surface area contributed by atoms with Gasteiger partial charge >= 0.3 is 6.11 Å². The van der Waals surface area contributed by atoms with Crippen molar-refractivity contribution < 1.29 is 27.1 Å². The van der Waals surface area contributed by atoms with Crippen LogP contribution in [-0.2, 0) is 4.79 Å². The number of ketones is 1. The lowest BCUT2D eigenvalue weighted by Crippen LogP contribution is -2.38. The lowest BCUT2D eigenvalue weighted by Gasteiger charge is -2.37. The summed E-state index contributed by atoms with van der Waals surface area (Å²) in [7, 11) is 0. The SMILES string of the molecule is Cc1ccc(OC(F)(F)C2CCC(C3CCC(=O)CC3)CC2)c(F)c1F. The summed E-state index contributed by atoms with van der Waals surface area (Å²) in [5, 5.41) is 0. The molecular formula is C20H24F4O2. The van der Waals surface area contributed by atoms with Crippen LogP contribution in [0.5, 0.6) is 5.75 Å². The molecule has 2 aliphatic rings. The number of halogens is 4. The Kier molecular flexibility index (Phi) is 5.58. The predicted octanol–water partition coefficient (Wildman–Crippen LogP) is 5.81. The molecule has 1 aromatic rings. The summed E-state index contributed by atoms with van der Waals surface area (Å²) < 4.78 is 61.0. The van der Waals surface area contributed by atoms with E-state index in [0.717, 1.165) is 18.9 Å². The van der Waals surface area contributed by atoms with Gasteiger partial charge in [0.1, 0.15) is 5.78 Å². The van der Waals surface area contributed by atoms with Crippen molar-refractivity contribution >= 4 is 5.78 Å². The summed E-state index contributed by atoms with van der Waals surface area (Å²) in [5.74, 6) is -3.18. The minimum atomic E-state index is -3.53. The number of carbonyl (C=O) groups is 1. The van der Waals surface area contributed by atoms with Crippen LogP contribution in [0.2, 0.25) is 0 Å². The van der Waals surface area contributed by atoms with Gasteiger partial charge in [0.2, 0.25) is 5.82 Å². The first-order chi connectivity index (χ1) is 12.3. The fourth-order valence-electron chi connectivity index (χ4n) is 4.30. The third-order valence-electron chi connectivity index (χ3n) is 5.99. The Morgan fingerprint density at radius 2 is 1.50 bits per heavy atom. The third kappa shape index (κ3) is 4.04. The van der Waals surface area contributed by atoms with Crippen LogP contribution >= 0.6 is 0 Å². The predicted molar refractivity (Wildman–Crippen MR) is 89.1 cm³/mol. The number of Topliss-reactive ketones (excluding diaryl/α,β-unsaturated/α-hetero) is 1. The molecule has 0 spiro atoms. The smallest absolute Gasteiger partial charge is 0.400 e. The largest absolute Gasteiger partial charge is 0.429 e. The second kappa shape index (κ2) is 7.57. The van der Waals surface area contributed by atoms with E-state index in [-0.39, 0.29) is 18.4 Å². The highest BCUT2D eigenvalue weighted by Gasteiger charge is 2.45. The van der Waals surface area contributed by atoms with Gasteiger partial charge in [-0.05, 0) is 68.9 Å². The highest BCUT2D eigenvalue weighted by Crippen LogP contribution is 2.44. The van der Waals surface area contributed by atoms with E-state index in [4.69, 9.17) is 0 Å². The Hall–Kier alpha value is -1.59. The summed E-state index contributed by atoms with van der Waals surface area (Å²) in [5.41, 5.74) is 0.0460. The summed E-state index contributed by atoms with van der Waals surface area (Å²) in [6.45, 7) is 1.36. The van der Waals surface area contributed by atoms with Crippen molar-refractivity contribution in [2.75, 3.05) is 0 Å². The maximum Gasteiger partial charge on any atom is 0.400 e. The van der Waals surface area contributed by atoms with Gasteiger partial charge in [-0.3, -0.25) is 4.79 Å². The van der Waals surface area contributed by atoms with Gasteiger partial charge in [-0.25, -0.2) is 4.39 Å². The molecule has 2 fully saturated rings. The molecule has 2 aliphatic carbocycles. The average molecular weight is 372 g/mol. The number of carbonyl (C=O) groups excluding carboxylic acids is 1. The number of hydrogen-bond donors (Lipinski definition) is 0. The summed E-state index contributed by atoms with van der Waals surface area (Å²) in [6, 6.07) is 2.28. The number of hydrogen-bond acceptors (Lipinski definition) is 2. The van der Waals surface area contributed by atoms with Gasteiger partial charge in [0.15, 0.2) is 11.6 Å². The van der Waals surface area contributed by atoms with Crippen molar-refractivity contribution in [2.24, 2.45) is 17.8 Å². The molecule has 0 amide bonds. The van der Waals surface area contributed by atoms with E-state index in [9.17, 15) is 22.4 Å². The normalized spacial score (nSPS) is 25.3. The topological polar surface area (TPSA) is 26.3 Å². The molecule has 3 rings (SSSR count). The van der Waals surface area contributed by atoms with Crippen molar-refractivity contribution in [3.63, 3.8) is 0 Å². The quantitative estimate of drug-likeness (QED) is 0.624. The Bertz CT molecular complexity index is 656. The Labute approximate surface area is 150 Å². The molecule has 0 unspecified atom stereocenters. The number of benzene rings is 1. The molecule has 0 bridgehead atoms. The highest BCUT2D eigenvalue weighted by molar-refractivity contribution is 5.79. The first kappa shape index (κ1) is 19.2. The van der Waals surface area contributed by atoms with E-state index in [2.05, 4.69) is 4.74 Å². The van der Waals surface area contributed by atoms with Crippen LogP contribution in [0.15, 0.2) is 12.1 Å². The molecule has 0 saturated heterocycles. The van der Waals surface area contributed by atoms with Gasteiger partial charge in [0.25, 0.3) is 0 Å². The molecule has 26 heavy (non-hydrogen) atoms. The number of rotatable bonds is 4. The second-order valence-electron chi connectivity index (χ2n) is 7.66. The van der Waals surface area contributed by atoms with Crippen LogP contribution in [-0.4, -0.2) is 11.9 Å². The second-order valence-corrected chi connectivity index (χ2v) is 7.66. The first-order valence-electron chi connectivity index (χ1n) is 9.31. The molecule has 0 N–H and O–H groups in total. The molecule has 0 aliphatic heterocycles. The highest BCUT2D eigenvalue weighted by atomic mass is 19.3. The van der Waals surface area contributed by atoms with E-state index in [1.54, 1.807) is 0 Å². The van der Waals surface area contributed by atoms with Crippen LogP contribution in [0.3, 0.4) is 0 Å². The molecule has 144 valence electrons. The van der Waals surface area contributed by atoms with Crippen molar-refractivity contribution in [1.29, 1.82) is 0 Å². The third-order valence-corrected chi connectivity index (χ3v) is 5.99. The Morgan fingerprint density at radius 3 is 2.12 bits per heavy atom. The molecule has 0 atom stereocenters. The molecule has 2 nitrogen and oxygen atoms in total.